The van der Waals surface area contributed by atoms with E-state index in [2.05, 4.69) is 17.3 Å². The SMILES string of the molecule is COc1cc(NC2CCN(C)CC2)cc(OC)c1. The summed E-state index contributed by atoms with van der Waals surface area (Å²) < 4.78 is 10.6. The van der Waals surface area contributed by atoms with Crippen LogP contribution in [0.5, 0.6) is 11.5 Å². The van der Waals surface area contributed by atoms with Gasteiger partial charge in [0, 0.05) is 29.9 Å². The molecule has 0 aromatic heterocycles. The molecule has 2 rings (SSSR count). The van der Waals surface area contributed by atoms with E-state index in [0.717, 1.165) is 30.3 Å². The number of ether oxygens (including phenoxy) is 2. The minimum absolute atomic E-state index is 0.540. The summed E-state index contributed by atoms with van der Waals surface area (Å²) in [5.41, 5.74) is 1.07. The van der Waals surface area contributed by atoms with Crippen LogP contribution in [0.15, 0.2) is 18.2 Å². The first-order valence-electron chi connectivity index (χ1n) is 6.39. The Morgan fingerprint density at radius 2 is 1.61 bits per heavy atom. The molecule has 0 aliphatic carbocycles. The maximum atomic E-state index is 5.28. The van der Waals surface area contributed by atoms with Crippen molar-refractivity contribution in [3.05, 3.63) is 18.2 Å². The number of rotatable bonds is 4. The predicted octanol–water partition coefficient (Wildman–Crippen LogP) is 2.21. The van der Waals surface area contributed by atoms with Crippen molar-refractivity contribution in [2.45, 2.75) is 18.9 Å². The third-order valence-corrected chi connectivity index (χ3v) is 3.44. The number of benzene rings is 1. The molecule has 0 spiro atoms. The summed E-state index contributed by atoms with van der Waals surface area (Å²) in [5.74, 6) is 1.65. The average Bonchev–Trinajstić information content (AvgIpc) is 2.41. The number of piperidine rings is 1. The Morgan fingerprint density at radius 1 is 1.06 bits per heavy atom. The molecule has 4 nitrogen and oxygen atoms in total. The number of nitrogens with one attached hydrogen (secondary N) is 1. The van der Waals surface area contributed by atoms with E-state index in [1.165, 1.54) is 12.8 Å². The van der Waals surface area contributed by atoms with Crippen LogP contribution in [0.3, 0.4) is 0 Å². The van der Waals surface area contributed by atoms with Crippen LogP contribution in [-0.4, -0.2) is 45.3 Å². The highest BCUT2D eigenvalue weighted by Gasteiger charge is 2.16. The second-order valence-electron chi connectivity index (χ2n) is 4.82. The molecular weight excluding hydrogens is 228 g/mol. The standard InChI is InChI=1S/C14H22N2O2/c1-16-6-4-11(5-7-16)15-12-8-13(17-2)10-14(9-12)18-3/h8-11,15H,4-7H2,1-3H3. The lowest BCUT2D eigenvalue weighted by molar-refractivity contribution is 0.264. The first-order chi connectivity index (χ1) is 8.71. The molecule has 0 saturated carbocycles. The molecule has 1 N–H and O–H groups in total. The number of nitrogens with zero attached hydrogens (tertiary/aromatic N) is 1. The number of hydrogen-bond acceptors (Lipinski definition) is 4. The zero-order valence-corrected chi connectivity index (χ0v) is 11.4. The largest absolute Gasteiger partial charge is 0.497 e. The second-order valence-corrected chi connectivity index (χ2v) is 4.82. The molecule has 0 atom stereocenters. The Labute approximate surface area is 109 Å². The molecule has 1 aromatic carbocycles. The Bertz CT molecular complexity index is 365. The molecule has 1 aliphatic heterocycles. The lowest BCUT2D eigenvalue weighted by Crippen LogP contribution is -2.36. The summed E-state index contributed by atoms with van der Waals surface area (Å²) in [6.07, 6.45) is 2.35. The number of likely N-dealkylation sites (tertiary alicyclic amines) is 1. The summed E-state index contributed by atoms with van der Waals surface area (Å²) in [7, 11) is 5.52. The predicted molar refractivity (Wildman–Crippen MR) is 73.7 cm³/mol. The molecule has 4 heteroatoms. The highest BCUT2D eigenvalue weighted by Crippen LogP contribution is 2.27. The van der Waals surface area contributed by atoms with Gasteiger partial charge >= 0.3 is 0 Å². The first kappa shape index (κ1) is 13.0. The van der Waals surface area contributed by atoms with E-state index in [4.69, 9.17) is 9.47 Å². The zero-order chi connectivity index (χ0) is 13.0. The number of methoxy groups -OCH3 is 2. The molecule has 1 aromatic rings. The molecular formula is C14H22N2O2. The maximum absolute atomic E-state index is 5.28. The number of hydrogen-bond donors (Lipinski definition) is 1. The van der Waals surface area contributed by atoms with Gasteiger partial charge in [0.2, 0.25) is 0 Å². The summed E-state index contributed by atoms with van der Waals surface area (Å²) >= 11 is 0. The van der Waals surface area contributed by atoms with Crippen molar-refractivity contribution in [1.29, 1.82) is 0 Å². The summed E-state index contributed by atoms with van der Waals surface area (Å²) in [6.45, 7) is 2.30. The molecule has 18 heavy (non-hydrogen) atoms. The van der Waals surface area contributed by atoms with E-state index in [0.29, 0.717) is 6.04 Å². The quantitative estimate of drug-likeness (QED) is 0.888. The highest BCUT2D eigenvalue weighted by molar-refractivity contribution is 5.54. The Balaban J connectivity index is 2.03. The molecule has 0 amide bonds. The topological polar surface area (TPSA) is 33.7 Å². The van der Waals surface area contributed by atoms with Crippen molar-refractivity contribution in [2.75, 3.05) is 39.7 Å². The fourth-order valence-electron chi connectivity index (χ4n) is 2.28. The zero-order valence-electron chi connectivity index (χ0n) is 11.4. The van der Waals surface area contributed by atoms with Gasteiger partial charge in [-0.1, -0.05) is 0 Å². The van der Waals surface area contributed by atoms with Crippen LogP contribution in [-0.2, 0) is 0 Å². The van der Waals surface area contributed by atoms with E-state index in [9.17, 15) is 0 Å². The highest BCUT2D eigenvalue weighted by atomic mass is 16.5. The lowest BCUT2D eigenvalue weighted by atomic mass is 10.1. The fraction of sp³-hybridized carbons (Fsp3) is 0.571. The maximum Gasteiger partial charge on any atom is 0.124 e. The minimum atomic E-state index is 0.540. The van der Waals surface area contributed by atoms with E-state index >= 15 is 0 Å². The second kappa shape index (κ2) is 5.96. The van der Waals surface area contributed by atoms with Gasteiger partial charge in [0.25, 0.3) is 0 Å². The van der Waals surface area contributed by atoms with Gasteiger partial charge < -0.3 is 19.7 Å². The smallest absolute Gasteiger partial charge is 0.124 e. The van der Waals surface area contributed by atoms with Crippen LogP contribution in [0.1, 0.15) is 12.8 Å². The molecule has 0 radical (unpaired) electrons. The Kier molecular flexibility index (Phi) is 4.31. The summed E-state index contributed by atoms with van der Waals surface area (Å²) in [4.78, 5) is 2.37. The van der Waals surface area contributed by atoms with Crippen molar-refractivity contribution in [3.8, 4) is 11.5 Å². The van der Waals surface area contributed by atoms with Crippen LogP contribution in [0.25, 0.3) is 0 Å². The van der Waals surface area contributed by atoms with Gasteiger partial charge in [-0.15, -0.1) is 0 Å². The molecule has 1 saturated heterocycles. The number of anilines is 1. The van der Waals surface area contributed by atoms with E-state index in [-0.39, 0.29) is 0 Å². The third-order valence-electron chi connectivity index (χ3n) is 3.44. The molecule has 0 unspecified atom stereocenters. The monoisotopic (exact) mass is 250 g/mol. The van der Waals surface area contributed by atoms with Gasteiger partial charge in [-0.25, -0.2) is 0 Å². The normalized spacial score (nSPS) is 17.5. The lowest BCUT2D eigenvalue weighted by Gasteiger charge is -2.30. The molecule has 100 valence electrons. The first-order valence-corrected chi connectivity index (χ1v) is 6.39. The van der Waals surface area contributed by atoms with E-state index < -0.39 is 0 Å². The van der Waals surface area contributed by atoms with E-state index in [1.807, 2.05) is 18.2 Å². The van der Waals surface area contributed by atoms with Gasteiger partial charge in [-0.2, -0.15) is 0 Å². The summed E-state index contributed by atoms with van der Waals surface area (Å²) in [6, 6.07) is 6.46. The van der Waals surface area contributed by atoms with Gasteiger partial charge in [-0.05, 0) is 33.0 Å². The van der Waals surface area contributed by atoms with Gasteiger partial charge in [0.15, 0.2) is 0 Å². The Morgan fingerprint density at radius 3 is 2.11 bits per heavy atom. The molecule has 1 heterocycles. The van der Waals surface area contributed by atoms with Crippen molar-refractivity contribution in [1.82, 2.24) is 4.90 Å². The van der Waals surface area contributed by atoms with E-state index in [1.54, 1.807) is 14.2 Å². The van der Waals surface area contributed by atoms with Crippen molar-refractivity contribution < 1.29 is 9.47 Å². The van der Waals surface area contributed by atoms with Crippen LogP contribution in [0.4, 0.5) is 5.69 Å². The average molecular weight is 250 g/mol. The van der Waals surface area contributed by atoms with Crippen molar-refractivity contribution in [3.63, 3.8) is 0 Å². The van der Waals surface area contributed by atoms with Crippen LogP contribution in [0.2, 0.25) is 0 Å². The van der Waals surface area contributed by atoms with Crippen molar-refractivity contribution in [2.24, 2.45) is 0 Å². The summed E-state index contributed by atoms with van der Waals surface area (Å²) in [5, 5.41) is 3.56. The van der Waals surface area contributed by atoms with Crippen LogP contribution >= 0.6 is 0 Å². The molecule has 1 fully saturated rings. The Hall–Kier alpha value is -1.42. The molecule has 0 bridgehead atoms. The van der Waals surface area contributed by atoms with Gasteiger partial charge in [0.05, 0.1) is 14.2 Å². The van der Waals surface area contributed by atoms with Gasteiger partial charge in [0.1, 0.15) is 11.5 Å². The molecule has 1 aliphatic rings. The minimum Gasteiger partial charge on any atom is -0.497 e. The van der Waals surface area contributed by atoms with Crippen LogP contribution < -0.4 is 14.8 Å². The van der Waals surface area contributed by atoms with Crippen molar-refractivity contribution >= 4 is 5.69 Å². The third kappa shape index (κ3) is 3.29. The van der Waals surface area contributed by atoms with Gasteiger partial charge in [-0.3, -0.25) is 0 Å². The van der Waals surface area contributed by atoms with Crippen LogP contribution in [0, 0.1) is 0 Å². The fourth-order valence-corrected chi connectivity index (χ4v) is 2.28.